The summed E-state index contributed by atoms with van der Waals surface area (Å²) in [6.07, 6.45) is 3.19. The second-order valence-corrected chi connectivity index (χ2v) is 5.90. The number of aromatic nitrogens is 1. The molecule has 0 spiro atoms. The van der Waals surface area contributed by atoms with Crippen molar-refractivity contribution in [3.63, 3.8) is 0 Å². The highest BCUT2D eigenvalue weighted by atomic mass is 35.5. The van der Waals surface area contributed by atoms with Crippen LogP contribution < -0.4 is 0 Å². The van der Waals surface area contributed by atoms with E-state index in [4.69, 9.17) is 11.6 Å². The molecule has 2 rings (SSSR count). The van der Waals surface area contributed by atoms with Gasteiger partial charge in [0.05, 0.1) is 10.5 Å². The summed E-state index contributed by atoms with van der Waals surface area (Å²) in [5.41, 5.74) is 3.76. The van der Waals surface area contributed by atoms with Crippen molar-refractivity contribution in [1.82, 2.24) is 4.98 Å². The van der Waals surface area contributed by atoms with Crippen LogP contribution in [0.5, 0.6) is 0 Å². The number of halogens is 1. The van der Waals surface area contributed by atoms with E-state index < -0.39 is 0 Å². The summed E-state index contributed by atoms with van der Waals surface area (Å²) in [5, 5.41) is 2.12. The zero-order chi connectivity index (χ0) is 12.6. The number of hydrogen-bond donors (Lipinski definition) is 1. The van der Waals surface area contributed by atoms with Crippen molar-refractivity contribution >= 4 is 22.5 Å². The molecule has 0 saturated carbocycles. The van der Waals surface area contributed by atoms with Gasteiger partial charge in [0.15, 0.2) is 0 Å². The lowest BCUT2D eigenvalue weighted by atomic mass is 9.97. The highest BCUT2D eigenvalue weighted by Gasteiger charge is 2.11. The molecule has 1 N–H and O–H groups in total. The van der Waals surface area contributed by atoms with Gasteiger partial charge < -0.3 is 4.98 Å². The second kappa shape index (κ2) is 4.73. The Balaban J connectivity index is 2.57. The van der Waals surface area contributed by atoms with Crippen LogP contribution in [0.3, 0.4) is 0 Å². The predicted octanol–water partition coefficient (Wildman–Crippen LogP) is 5.14. The van der Waals surface area contributed by atoms with Gasteiger partial charge in [-0.05, 0) is 41.5 Å². The molecule has 17 heavy (non-hydrogen) atoms. The normalized spacial score (nSPS) is 11.9. The molecule has 0 aliphatic carbocycles. The lowest BCUT2D eigenvalue weighted by Gasteiger charge is -2.08. The van der Waals surface area contributed by atoms with Crippen LogP contribution in [0.4, 0.5) is 0 Å². The standard InChI is InChI=1S/C15H20ClN/c1-9(2)5-12-8-17-15-13(12)6-11(10(3)4)7-14(15)16/h6-10,17H,5H2,1-4H3. The van der Waals surface area contributed by atoms with Gasteiger partial charge in [-0.2, -0.15) is 0 Å². The van der Waals surface area contributed by atoms with Crippen molar-refractivity contribution in [3.05, 3.63) is 34.5 Å². The third-order valence-electron chi connectivity index (χ3n) is 3.14. The molecular formula is C15H20ClN. The van der Waals surface area contributed by atoms with E-state index in [0.717, 1.165) is 17.0 Å². The Labute approximate surface area is 108 Å². The number of benzene rings is 1. The summed E-state index contributed by atoms with van der Waals surface area (Å²) in [7, 11) is 0. The molecule has 0 aliphatic heterocycles. The molecule has 2 heteroatoms. The monoisotopic (exact) mass is 249 g/mol. The predicted molar refractivity (Wildman–Crippen MR) is 75.9 cm³/mol. The van der Waals surface area contributed by atoms with Crippen LogP contribution >= 0.6 is 11.6 Å². The van der Waals surface area contributed by atoms with Crippen LogP contribution in [0, 0.1) is 5.92 Å². The maximum absolute atomic E-state index is 6.32. The van der Waals surface area contributed by atoms with Gasteiger partial charge in [-0.3, -0.25) is 0 Å². The number of fused-ring (bicyclic) bond motifs is 1. The van der Waals surface area contributed by atoms with E-state index in [2.05, 4.69) is 51.0 Å². The highest BCUT2D eigenvalue weighted by molar-refractivity contribution is 6.35. The molecule has 1 heterocycles. The van der Waals surface area contributed by atoms with Gasteiger partial charge in [-0.15, -0.1) is 0 Å². The fourth-order valence-corrected chi connectivity index (χ4v) is 2.49. The summed E-state index contributed by atoms with van der Waals surface area (Å²) in [6, 6.07) is 4.35. The van der Waals surface area contributed by atoms with Crippen molar-refractivity contribution in [1.29, 1.82) is 0 Å². The van der Waals surface area contributed by atoms with Gasteiger partial charge in [-0.1, -0.05) is 39.3 Å². The topological polar surface area (TPSA) is 15.8 Å². The first-order valence-corrected chi connectivity index (χ1v) is 6.66. The molecule has 1 aromatic heterocycles. The molecule has 1 aromatic carbocycles. The van der Waals surface area contributed by atoms with Crippen LogP contribution in [0.15, 0.2) is 18.3 Å². The molecule has 1 nitrogen and oxygen atoms in total. The largest absolute Gasteiger partial charge is 0.360 e. The minimum Gasteiger partial charge on any atom is -0.360 e. The van der Waals surface area contributed by atoms with Crippen LogP contribution in [0.25, 0.3) is 10.9 Å². The van der Waals surface area contributed by atoms with Crippen LogP contribution in [0.2, 0.25) is 5.02 Å². The SMILES string of the molecule is CC(C)Cc1c[nH]c2c(Cl)cc(C(C)C)cc12. The molecule has 0 aliphatic rings. The van der Waals surface area contributed by atoms with Gasteiger partial charge in [-0.25, -0.2) is 0 Å². The Kier molecular flexibility index (Phi) is 3.48. The van der Waals surface area contributed by atoms with Crippen molar-refractivity contribution in [2.75, 3.05) is 0 Å². The van der Waals surface area contributed by atoms with E-state index in [0.29, 0.717) is 11.8 Å². The zero-order valence-electron chi connectivity index (χ0n) is 11.0. The smallest absolute Gasteiger partial charge is 0.0649 e. The van der Waals surface area contributed by atoms with Gasteiger partial charge in [0.1, 0.15) is 0 Å². The summed E-state index contributed by atoms with van der Waals surface area (Å²) in [4.78, 5) is 3.30. The van der Waals surface area contributed by atoms with E-state index in [-0.39, 0.29) is 0 Å². The average Bonchev–Trinajstić information content (AvgIpc) is 2.61. The average molecular weight is 250 g/mol. The maximum Gasteiger partial charge on any atom is 0.0649 e. The molecular weight excluding hydrogens is 230 g/mol. The number of rotatable bonds is 3. The molecule has 2 aromatic rings. The third-order valence-corrected chi connectivity index (χ3v) is 3.44. The molecule has 0 unspecified atom stereocenters. The first kappa shape index (κ1) is 12.5. The molecule has 0 atom stereocenters. The molecule has 0 amide bonds. The van der Waals surface area contributed by atoms with Crippen molar-refractivity contribution < 1.29 is 0 Å². The van der Waals surface area contributed by atoms with Crippen molar-refractivity contribution in [3.8, 4) is 0 Å². The molecule has 0 saturated heterocycles. The fourth-order valence-electron chi connectivity index (χ4n) is 2.21. The lowest BCUT2D eigenvalue weighted by Crippen LogP contribution is -1.93. The zero-order valence-corrected chi connectivity index (χ0v) is 11.7. The van der Waals surface area contributed by atoms with E-state index in [1.54, 1.807) is 0 Å². The number of aromatic amines is 1. The summed E-state index contributed by atoms with van der Waals surface area (Å²) in [6.45, 7) is 8.89. The molecule has 0 radical (unpaired) electrons. The highest BCUT2D eigenvalue weighted by Crippen LogP contribution is 2.31. The quantitative estimate of drug-likeness (QED) is 0.775. The van der Waals surface area contributed by atoms with E-state index in [1.165, 1.54) is 16.5 Å². The number of hydrogen-bond acceptors (Lipinski definition) is 0. The number of H-pyrrole nitrogens is 1. The van der Waals surface area contributed by atoms with Crippen molar-refractivity contribution in [2.45, 2.75) is 40.0 Å². The Morgan fingerprint density at radius 1 is 1.18 bits per heavy atom. The lowest BCUT2D eigenvalue weighted by molar-refractivity contribution is 0.650. The van der Waals surface area contributed by atoms with Crippen LogP contribution in [-0.2, 0) is 6.42 Å². The fraction of sp³-hybridized carbons (Fsp3) is 0.467. The summed E-state index contributed by atoms with van der Waals surface area (Å²) >= 11 is 6.32. The Bertz CT molecular complexity index is 523. The molecule has 92 valence electrons. The maximum atomic E-state index is 6.32. The van der Waals surface area contributed by atoms with E-state index in [1.807, 2.05) is 0 Å². The Morgan fingerprint density at radius 2 is 1.88 bits per heavy atom. The van der Waals surface area contributed by atoms with E-state index >= 15 is 0 Å². The molecule has 0 bridgehead atoms. The van der Waals surface area contributed by atoms with Gasteiger partial charge in [0.25, 0.3) is 0 Å². The third kappa shape index (κ3) is 2.50. The number of nitrogens with one attached hydrogen (secondary N) is 1. The first-order chi connectivity index (χ1) is 7.99. The van der Waals surface area contributed by atoms with E-state index in [9.17, 15) is 0 Å². The molecule has 0 fully saturated rings. The minimum atomic E-state index is 0.513. The van der Waals surface area contributed by atoms with Crippen LogP contribution in [0.1, 0.15) is 44.7 Å². The van der Waals surface area contributed by atoms with Crippen LogP contribution in [-0.4, -0.2) is 4.98 Å². The Morgan fingerprint density at radius 3 is 2.47 bits per heavy atom. The Hall–Kier alpha value is -0.950. The van der Waals surface area contributed by atoms with Gasteiger partial charge in [0, 0.05) is 11.6 Å². The first-order valence-electron chi connectivity index (χ1n) is 6.28. The second-order valence-electron chi connectivity index (χ2n) is 5.49. The summed E-state index contributed by atoms with van der Waals surface area (Å²) < 4.78 is 0. The summed E-state index contributed by atoms with van der Waals surface area (Å²) in [5.74, 6) is 1.18. The van der Waals surface area contributed by atoms with Crippen molar-refractivity contribution in [2.24, 2.45) is 5.92 Å². The van der Waals surface area contributed by atoms with Gasteiger partial charge in [0.2, 0.25) is 0 Å². The van der Waals surface area contributed by atoms with Gasteiger partial charge >= 0.3 is 0 Å². The minimum absolute atomic E-state index is 0.513.